The molecule has 3 N–H and O–H groups in total. The lowest BCUT2D eigenvalue weighted by molar-refractivity contribution is -0.225. The number of aromatic nitrogens is 1. The average Bonchev–Trinajstić information content (AvgIpc) is 3.12. The molecule has 0 unspecified atom stereocenters. The Balaban J connectivity index is 1.35. The number of halogens is 1. The van der Waals surface area contributed by atoms with Crippen molar-refractivity contribution < 1.29 is 19.1 Å². The van der Waals surface area contributed by atoms with Gasteiger partial charge in [0, 0.05) is 24.3 Å². The number of pyridine rings is 1. The number of carbonyl (C=O) groups is 2. The molecular formula is C26H31ClN4O4. The summed E-state index contributed by atoms with van der Waals surface area (Å²) in [5, 5.41) is 10.8. The van der Waals surface area contributed by atoms with E-state index in [1.165, 1.54) is 32.1 Å². The van der Waals surface area contributed by atoms with Gasteiger partial charge in [0.05, 0.1) is 30.1 Å². The summed E-state index contributed by atoms with van der Waals surface area (Å²) in [4.78, 5) is 29.2. The average molecular weight is 499 g/mol. The highest BCUT2D eigenvalue weighted by molar-refractivity contribution is 6.33. The second-order valence-electron chi connectivity index (χ2n) is 9.46. The van der Waals surface area contributed by atoms with Crippen LogP contribution in [-0.2, 0) is 37.8 Å². The van der Waals surface area contributed by atoms with Crippen molar-refractivity contribution in [2.75, 3.05) is 23.7 Å². The molecule has 1 aromatic carbocycles. The quantitative estimate of drug-likeness (QED) is 0.525. The Kier molecular flexibility index (Phi) is 7.11. The summed E-state index contributed by atoms with van der Waals surface area (Å²) in [6, 6.07) is 8.11. The lowest BCUT2D eigenvalue weighted by atomic mass is 9.95. The fraction of sp³-hybridized carbons (Fsp3) is 0.500. The lowest BCUT2D eigenvalue weighted by Gasteiger charge is -2.32. The molecule has 1 saturated heterocycles. The third kappa shape index (κ3) is 5.38. The zero-order chi connectivity index (χ0) is 24.3. The van der Waals surface area contributed by atoms with Crippen LogP contribution >= 0.6 is 11.6 Å². The largest absolute Gasteiger partial charge is 0.416 e. The fourth-order valence-electron chi connectivity index (χ4n) is 5.13. The van der Waals surface area contributed by atoms with Crippen LogP contribution < -0.4 is 16.0 Å². The number of ether oxygens (including phenoxy) is 2. The molecule has 1 spiro atoms. The Labute approximate surface area is 210 Å². The second-order valence-corrected chi connectivity index (χ2v) is 9.87. The van der Waals surface area contributed by atoms with Crippen LogP contribution in [0.2, 0.25) is 5.02 Å². The molecule has 35 heavy (non-hydrogen) atoms. The minimum atomic E-state index is -1.49. The molecule has 0 amide bonds. The Morgan fingerprint density at radius 3 is 2.51 bits per heavy atom. The van der Waals surface area contributed by atoms with Crippen LogP contribution in [0.5, 0.6) is 0 Å². The maximum absolute atomic E-state index is 12.3. The van der Waals surface area contributed by atoms with Crippen LogP contribution in [0.4, 0.5) is 11.5 Å². The number of fused-ring (bicyclic) bond motifs is 2. The van der Waals surface area contributed by atoms with Gasteiger partial charge in [0.2, 0.25) is 0 Å². The summed E-state index contributed by atoms with van der Waals surface area (Å²) in [7, 11) is 0. The van der Waals surface area contributed by atoms with Gasteiger partial charge in [0.1, 0.15) is 5.82 Å². The van der Waals surface area contributed by atoms with Crippen LogP contribution in [-0.4, -0.2) is 36.1 Å². The zero-order valence-corrected chi connectivity index (χ0v) is 20.5. The molecule has 0 radical (unpaired) electrons. The predicted molar refractivity (Wildman–Crippen MR) is 133 cm³/mol. The molecule has 8 nitrogen and oxygen atoms in total. The molecular weight excluding hydrogens is 468 g/mol. The van der Waals surface area contributed by atoms with E-state index in [4.69, 9.17) is 21.1 Å². The highest BCUT2D eigenvalue weighted by Crippen LogP contribution is 2.40. The van der Waals surface area contributed by atoms with Gasteiger partial charge in [-0.05, 0) is 55.1 Å². The van der Waals surface area contributed by atoms with Crippen molar-refractivity contribution in [3.63, 3.8) is 0 Å². The van der Waals surface area contributed by atoms with E-state index < -0.39 is 17.7 Å². The molecule has 2 aliphatic heterocycles. The van der Waals surface area contributed by atoms with Crippen LogP contribution in [0.25, 0.3) is 0 Å². The van der Waals surface area contributed by atoms with Gasteiger partial charge in [-0.1, -0.05) is 36.9 Å². The Bertz CT molecular complexity index is 1070. The van der Waals surface area contributed by atoms with Crippen molar-refractivity contribution in [3.05, 3.63) is 52.2 Å². The number of carbonyl (C=O) groups excluding carboxylic acids is 2. The maximum Gasteiger partial charge on any atom is 0.309 e. The van der Waals surface area contributed by atoms with Crippen molar-refractivity contribution in [1.82, 2.24) is 10.3 Å². The molecule has 1 aromatic heterocycles. The predicted octanol–water partition coefficient (Wildman–Crippen LogP) is 4.27. The number of rotatable bonds is 5. The maximum atomic E-state index is 12.3. The Morgan fingerprint density at radius 1 is 1.03 bits per heavy atom. The van der Waals surface area contributed by atoms with Crippen molar-refractivity contribution in [3.8, 4) is 0 Å². The first kappa shape index (κ1) is 23.9. The van der Waals surface area contributed by atoms with E-state index in [-0.39, 0.29) is 19.4 Å². The van der Waals surface area contributed by atoms with E-state index in [1.54, 1.807) is 12.1 Å². The molecule has 2 fully saturated rings. The van der Waals surface area contributed by atoms with Gasteiger partial charge in [-0.3, -0.25) is 9.59 Å². The van der Waals surface area contributed by atoms with E-state index in [1.807, 2.05) is 12.3 Å². The Hall–Kier alpha value is -2.84. The van der Waals surface area contributed by atoms with E-state index in [0.29, 0.717) is 36.1 Å². The molecule has 2 aromatic rings. The fourth-order valence-corrected chi connectivity index (χ4v) is 5.37. The number of benzene rings is 1. The minimum absolute atomic E-state index is 0.00716. The van der Waals surface area contributed by atoms with Gasteiger partial charge in [-0.15, -0.1) is 0 Å². The summed E-state index contributed by atoms with van der Waals surface area (Å²) >= 11 is 6.61. The van der Waals surface area contributed by atoms with E-state index in [2.05, 4.69) is 27.0 Å². The van der Waals surface area contributed by atoms with Crippen molar-refractivity contribution in [2.45, 2.75) is 69.7 Å². The number of hydrogen-bond donors (Lipinski definition) is 3. The smallest absolute Gasteiger partial charge is 0.309 e. The summed E-state index contributed by atoms with van der Waals surface area (Å²) < 4.78 is 11.4. The summed E-state index contributed by atoms with van der Waals surface area (Å²) in [5.41, 5.74) is 3.27. The monoisotopic (exact) mass is 498 g/mol. The third-order valence-corrected chi connectivity index (χ3v) is 7.24. The summed E-state index contributed by atoms with van der Waals surface area (Å²) in [6.45, 7) is 1.34. The lowest BCUT2D eigenvalue weighted by Crippen LogP contribution is -2.43. The van der Waals surface area contributed by atoms with Crippen LogP contribution in [0, 0.1) is 0 Å². The van der Waals surface area contributed by atoms with E-state index >= 15 is 0 Å². The van der Waals surface area contributed by atoms with Crippen molar-refractivity contribution in [2.24, 2.45) is 0 Å². The second kappa shape index (κ2) is 10.4. The SMILES string of the molecule is O=C1CCC(=O)OC2(CNCCc3c2ccc(Cl)c3NCc2ccc(NC3CCCCC3)nc2)O1. The van der Waals surface area contributed by atoms with Gasteiger partial charge in [0.15, 0.2) is 0 Å². The molecule has 0 bridgehead atoms. The number of esters is 2. The number of nitrogens with one attached hydrogen (secondary N) is 3. The summed E-state index contributed by atoms with van der Waals surface area (Å²) in [5.74, 6) is -1.51. The molecule has 1 aliphatic carbocycles. The van der Waals surface area contributed by atoms with Gasteiger partial charge in [-0.2, -0.15) is 0 Å². The number of anilines is 2. The van der Waals surface area contributed by atoms with Gasteiger partial charge in [0.25, 0.3) is 5.79 Å². The number of hydrogen-bond acceptors (Lipinski definition) is 8. The molecule has 9 heteroatoms. The van der Waals surface area contributed by atoms with Crippen LogP contribution in [0.15, 0.2) is 30.5 Å². The van der Waals surface area contributed by atoms with E-state index in [0.717, 1.165) is 22.6 Å². The van der Waals surface area contributed by atoms with Gasteiger partial charge in [-0.25, -0.2) is 4.98 Å². The number of nitrogens with zero attached hydrogens (tertiary/aromatic N) is 1. The van der Waals surface area contributed by atoms with Crippen LogP contribution in [0.1, 0.15) is 61.6 Å². The molecule has 5 rings (SSSR count). The molecule has 1 saturated carbocycles. The van der Waals surface area contributed by atoms with Crippen molar-refractivity contribution >= 4 is 35.0 Å². The first-order valence-corrected chi connectivity index (χ1v) is 12.8. The van der Waals surface area contributed by atoms with Gasteiger partial charge >= 0.3 is 11.9 Å². The Morgan fingerprint density at radius 2 is 1.80 bits per heavy atom. The standard InChI is InChI=1S/C26H31ClN4O4/c27-21-8-7-20-19(12-13-28-16-26(20)34-23(32)10-11-24(33)35-26)25(21)30-15-17-6-9-22(29-14-17)31-18-4-2-1-3-5-18/h6-9,14,18,28,30H,1-5,10-13,15-16H2,(H,29,31). The first-order valence-electron chi connectivity index (χ1n) is 12.4. The summed E-state index contributed by atoms with van der Waals surface area (Å²) in [6.07, 6.45) is 8.79. The van der Waals surface area contributed by atoms with Crippen molar-refractivity contribution in [1.29, 1.82) is 0 Å². The topological polar surface area (TPSA) is 102 Å². The normalized spacial score (nSPS) is 20.3. The highest BCUT2D eigenvalue weighted by Gasteiger charge is 2.46. The molecule has 0 atom stereocenters. The van der Waals surface area contributed by atoms with Crippen LogP contribution in [0.3, 0.4) is 0 Å². The molecule has 3 aliphatic rings. The van der Waals surface area contributed by atoms with E-state index in [9.17, 15) is 9.59 Å². The molecule has 3 heterocycles. The highest BCUT2D eigenvalue weighted by atomic mass is 35.5. The minimum Gasteiger partial charge on any atom is -0.416 e. The zero-order valence-electron chi connectivity index (χ0n) is 19.7. The molecule has 186 valence electrons. The first-order chi connectivity index (χ1) is 17.0. The third-order valence-electron chi connectivity index (χ3n) is 6.92. The van der Waals surface area contributed by atoms with Gasteiger partial charge < -0.3 is 25.4 Å².